The van der Waals surface area contributed by atoms with E-state index in [0.29, 0.717) is 12.5 Å². The number of aryl methyl sites for hydroxylation is 2. The number of hydrogen-bond acceptors (Lipinski definition) is 3. The molecule has 0 bridgehead atoms. The smallest absolute Gasteiger partial charge is 0.193 e. The molecule has 0 atom stereocenters. The van der Waals surface area contributed by atoms with E-state index >= 15 is 0 Å². The van der Waals surface area contributed by atoms with Crippen LogP contribution in [0.3, 0.4) is 0 Å². The SMILES string of the molecule is COc1ccc(CN=C(N)Nc2ccc(C)c(C)c2)c(OC)c1.I. The molecule has 0 unspecified atom stereocenters. The molecule has 0 amide bonds. The number of rotatable bonds is 5. The summed E-state index contributed by atoms with van der Waals surface area (Å²) in [7, 11) is 3.25. The maximum atomic E-state index is 5.96. The molecule has 24 heavy (non-hydrogen) atoms. The molecule has 0 aliphatic carbocycles. The van der Waals surface area contributed by atoms with Gasteiger partial charge in [0.2, 0.25) is 0 Å². The molecule has 0 saturated carbocycles. The van der Waals surface area contributed by atoms with Gasteiger partial charge in [-0.2, -0.15) is 0 Å². The van der Waals surface area contributed by atoms with E-state index < -0.39 is 0 Å². The Bertz CT molecular complexity index is 717. The first-order chi connectivity index (χ1) is 11.0. The third kappa shape index (κ3) is 5.30. The van der Waals surface area contributed by atoms with E-state index in [2.05, 4.69) is 30.2 Å². The molecule has 2 aromatic carbocycles. The summed E-state index contributed by atoms with van der Waals surface area (Å²) >= 11 is 0. The lowest BCUT2D eigenvalue weighted by atomic mass is 10.1. The largest absolute Gasteiger partial charge is 0.497 e. The van der Waals surface area contributed by atoms with Gasteiger partial charge < -0.3 is 20.5 Å². The van der Waals surface area contributed by atoms with Crippen LogP contribution < -0.4 is 20.5 Å². The van der Waals surface area contributed by atoms with E-state index in [1.807, 2.05) is 30.3 Å². The maximum Gasteiger partial charge on any atom is 0.193 e. The van der Waals surface area contributed by atoms with Crippen molar-refractivity contribution in [2.45, 2.75) is 20.4 Å². The molecule has 0 aliphatic rings. The fourth-order valence-electron chi connectivity index (χ4n) is 2.16. The number of halogens is 1. The Kier molecular flexibility index (Phi) is 7.84. The second-order valence-corrected chi connectivity index (χ2v) is 5.30. The summed E-state index contributed by atoms with van der Waals surface area (Å²) in [5.74, 6) is 1.84. The van der Waals surface area contributed by atoms with Crippen LogP contribution in [0.4, 0.5) is 5.69 Å². The van der Waals surface area contributed by atoms with Crippen LogP contribution in [0.2, 0.25) is 0 Å². The minimum Gasteiger partial charge on any atom is -0.497 e. The molecule has 0 aromatic heterocycles. The highest BCUT2D eigenvalue weighted by atomic mass is 127. The Morgan fingerprint density at radius 3 is 2.42 bits per heavy atom. The summed E-state index contributed by atoms with van der Waals surface area (Å²) in [6, 6.07) is 11.7. The van der Waals surface area contributed by atoms with Crippen LogP contribution in [0.5, 0.6) is 11.5 Å². The molecular weight excluding hydrogens is 417 g/mol. The number of hydrogen-bond donors (Lipinski definition) is 2. The van der Waals surface area contributed by atoms with Crippen LogP contribution in [0.1, 0.15) is 16.7 Å². The number of nitrogens with one attached hydrogen (secondary N) is 1. The third-order valence-electron chi connectivity index (χ3n) is 3.69. The molecular formula is C18H24IN3O2. The van der Waals surface area contributed by atoms with Gasteiger partial charge in [-0.15, -0.1) is 24.0 Å². The number of guanidine groups is 1. The Morgan fingerprint density at radius 1 is 1.04 bits per heavy atom. The van der Waals surface area contributed by atoms with Crippen molar-refractivity contribution in [3.8, 4) is 11.5 Å². The fourth-order valence-corrected chi connectivity index (χ4v) is 2.16. The summed E-state index contributed by atoms with van der Waals surface area (Å²) in [6.07, 6.45) is 0. The second-order valence-electron chi connectivity index (χ2n) is 5.30. The van der Waals surface area contributed by atoms with Gasteiger partial charge in [0.05, 0.1) is 20.8 Å². The van der Waals surface area contributed by atoms with E-state index in [-0.39, 0.29) is 24.0 Å². The number of aliphatic imine (C=N–C) groups is 1. The molecule has 0 fully saturated rings. The number of nitrogens with two attached hydrogens (primary N) is 1. The monoisotopic (exact) mass is 441 g/mol. The molecule has 0 spiro atoms. The highest BCUT2D eigenvalue weighted by molar-refractivity contribution is 14.0. The van der Waals surface area contributed by atoms with Crippen molar-refractivity contribution in [2.24, 2.45) is 10.7 Å². The van der Waals surface area contributed by atoms with Crippen LogP contribution in [0, 0.1) is 13.8 Å². The summed E-state index contributed by atoms with van der Waals surface area (Å²) < 4.78 is 10.5. The zero-order chi connectivity index (χ0) is 16.8. The van der Waals surface area contributed by atoms with Crippen molar-refractivity contribution < 1.29 is 9.47 Å². The lowest BCUT2D eigenvalue weighted by Crippen LogP contribution is -2.22. The van der Waals surface area contributed by atoms with Gasteiger partial charge in [0.25, 0.3) is 0 Å². The lowest BCUT2D eigenvalue weighted by molar-refractivity contribution is 0.391. The topological polar surface area (TPSA) is 68.9 Å². The molecule has 3 N–H and O–H groups in total. The van der Waals surface area contributed by atoms with Crippen LogP contribution in [0.25, 0.3) is 0 Å². The molecule has 0 heterocycles. The molecule has 0 aliphatic heterocycles. The first-order valence-electron chi connectivity index (χ1n) is 7.38. The highest BCUT2D eigenvalue weighted by Gasteiger charge is 2.05. The van der Waals surface area contributed by atoms with Gasteiger partial charge in [-0.1, -0.05) is 6.07 Å². The number of ether oxygens (including phenoxy) is 2. The Morgan fingerprint density at radius 2 is 1.79 bits per heavy atom. The predicted octanol–water partition coefficient (Wildman–Crippen LogP) is 3.87. The maximum absolute atomic E-state index is 5.96. The second kappa shape index (κ2) is 9.36. The van der Waals surface area contributed by atoms with E-state index in [1.165, 1.54) is 11.1 Å². The quantitative estimate of drug-likeness (QED) is 0.420. The Balaban J connectivity index is 0.00000288. The predicted molar refractivity (Wildman–Crippen MR) is 110 cm³/mol. The normalized spacial score (nSPS) is 10.8. The van der Waals surface area contributed by atoms with Crippen LogP contribution in [-0.2, 0) is 6.54 Å². The van der Waals surface area contributed by atoms with E-state index in [0.717, 1.165) is 22.7 Å². The van der Waals surface area contributed by atoms with Gasteiger partial charge in [0, 0.05) is 17.3 Å². The van der Waals surface area contributed by atoms with Crippen molar-refractivity contribution >= 4 is 35.6 Å². The van der Waals surface area contributed by atoms with Crippen molar-refractivity contribution in [1.29, 1.82) is 0 Å². The molecule has 0 saturated heterocycles. The summed E-state index contributed by atoms with van der Waals surface area (Å²) in [4.78, 5) is 4.37. The average molecular weight is 441 g/mol. The van der Waals surface area contributed by atoms with Gasteiger partial charge in [0.1, 0.15) is 11.5 Å². The average Bonchev–Trinajstić information content (AvgIpc) is 2.56. The van der Waals surface area contributed by atoms with Crippen LogP contribution in [-0.4, -0.2) is 20.2 Å². The lowest BCUT2D eigenvalue weighted by Gasteiger charge is -2.10. The minimum atomic E-state index is 0. The summed E-state index contributed by atoms with van der Waals surface area (Å²) in [6.45, 7) is 4.57. The summed E-state index contributed by atoms with van der Waals surface area (Å²) in [5, 5.41) is 3.10. The van der Waals surface area contributed by atoms with Crippen LogP contribution >= 0.6 is 24.0 Å². The van der Waals surface area contributed by atoms with Crippen molar-refractivity contribution in [1.82, 2.24) is 0 Å². The van der Waals surface area contributed by atoms with Gasteiger partial charge >= 0.3 is 0 Å². The van der Waals surface area contributed by atoms with Gasteiger partial charge in [-0.05, 0) is 49.2 Å². The van der Waals surface area contributed by atoms with E-state index in [4.69, 9.17) is 15.2 Å². The van der Waals surface area contributed by atoms with Gasteiger partial charge in [-0.25, -0.2) is 4.99 Å². The number of methoxy groups -OCH3 is 2. The zero-order valence-corrected chi connectivity index (χ0v) is 16.8. The fraction of sp³-hybridized carbons (Fsp3) is 0.278. The highest BCUT2D eigenvalue weighted by Crippen LogP contribution is 2.25. The molecule has 2 rings (SSSR count). The molecule has 130 valence electrons. The van der Waals surface area contributed by atoms with Crippen molar-refractivity contribution in [3.05, 3.63) is 53.1 Å². The summed E-state index contributed by atoms with van der Waals surface area (Å²) in [5.41, 5.74) is 10.3. The minimum absolute atomic E-state index is 0. The number of nitrogens with zero attached hydrogens (tertiary/aromatic N) is 1. The standard InChI is InChI=1S/C18H23N3O2.HI/c1-12-5-7-15(9-13(12)2)21-18(19)20-11-14-6-8-16(22-3)10-17(14)23-4;/h5-10H,11H2,1-4H3,(H3,19,20,21);1H. The Hall–Kier alpha value is -1.96. The first kappa shape index (κ1) is 20.1. The molecule has 2 aromatic rings. The Labute approximate surface area is 160 Å². The van der Waals surface area contributed by atoms with Crippen molar-refractivity contribution in [3.63, 3.8) is 0 Å². The molecule has 5 nitrogen and oxygen atoms in total. The third-order valence-corrected chi connectivity index (χ3v) is 3.69. The molecule has 6 heteroatoms. The zero-order valence-electron chi connectivity index (χ0n) is 14.4. The van der Waals surface area contributed by atoms with Crippen molar-refractivity contribution in [2.75, 3.05) is 19.5 Å². The first-order valence-corrected chi connectivity index (χ1v) is 7.38. The van der Waals surface area contributed by atoms with E-state index in [9.17, 15) is 0 Å². The molecule has 0 radical (unpaired) electrons. The van der Waals surface area contributed by atoms with Gasteiger partial charge in [0.15, 0.2) is 5.96 Å². The van der Waals surface area contributed by atoms with Gasteiger partial charge in [-0.3, -0.25) is 0 Å². The van der Waals surface area contributed by atoms with Crippen LogP contribution in [0.15, 0.2) is 41.4 Å². The number of anilines is 1. The van der Waals surface area contributed by atoms with E-state index in [1.54, 1.807) is 14.2 Å². The number of benzene rings is 2.